The van der Waals surface area contributed by atoms with E-state index < -0.39 is 0 Å². The summed E-state index contributed by atoms with van der Waals surface area (Å²) in [5.74, 6) is 0. The molecule has 0 bridgehead atoms. The van der Waals surface area contributed by atoms with Crippen LogP contribution in [0, 0.1) is 0 Å². The zero-order chi connectivity index (χ0) is 10.3. The standard InChI is InChI=1S/C10H16ClNO/c1-5-6-8(2)12-10(11)7-9(3)13-4/h5-6,9H,2,7H2,1,3-4H3/b6-5-,12-10?. The summed E-state index contributed by atoms with van der Waals surface area (Å²) in [5.41, 5.74) is 0.663. The van der Waals surface area contributed by atoms with E-state index in [1.807, 2.05) is 19.9 Å². The van der Waals surface area contributed by atoms with Crippen molar-refractivity contribution in [2.24, 2.45) is 4.99 Å². The van der Waals surface area contributed by atoms with Crippen molar-refractivity contribution >= 4 is 16.8 Å². The second kappa shape index (κ2) is 6.87. The predicted octanol–water partition coefficient (Wildman–Crippen LogP) is 3.14. The van der Waals surface area contributed by atoms with Crippen molar-refractivity contribution in [2.45, 2.75) is 26.4 Å². The highest BCUT2D eigenvalue weighted by atomic mass is 35.5. The van der Waals surface area contributed by atoms with Crippen LogP contribution in [0.25, 0.3) is 0 Å². The molecule has 0 spiro atoms. The van der Waals surface area contributed by atoms with Gasteiger partial charge in [0, 0.05) is 13.5 Å². The smallest absolute Gasteiger partial charge is 0.109 e. The third kappa shape index (κ3) is 6.55. The first-order chi connectivity index (χ1) is 6.10. The van der Waals surface area contributed by atoms with Gasteiger partial charge in [-0.05, 0) is 19.9 Å². The van der Waals surface area contributed by atoms with Crippen molar-refractivity contribution in [1.29, 1.82) is 0 Å². The normalized spacial score (nSPS) is 14.9. The maximum absolute atomic E-state index is 5.86. The predicted molar refractivity (Wildman–Crippen MR) is 58.3 cm³/mol. The maximum atomic E-state index is 5.86. The van der Waals surface area contributed by atoms with Crippen molar-refractivity contribution < 1.29 is 4.74 Å². The molecule has 0 aromatic rings. The van der Waals surface area contributed by atoms with Crippen LogP contribution in [-0.4, -0.2) is 18.4 Å². The Hall–Kier alpha value is -0.600. The number of methoxy groups -OCH3 is 1. The van der Waals surface area contributed by atoms with Crippen LogP contribution < -0.4 is 0 Å². The Morgan fingerprint density at radius 2 is 2.31 bits per heavy atom. The average molecular weight is 202 g/mol. The monoisotopic (exact) mass is 201 g/mol. The lowest BCUT2D eigenvalue weighted by molar-refractivity contribution is 0.125. The van der Waals surface area contributed by atoms with Crippen LogP contribution in [0.3, 0.4) is 0 Å². The Kier molecular flexibility index (Phi) is 6.55. The summed E-state index contributed by atoms with van der Waals surface area (Å²) in [4.78, 5) is 4.08. The molecule has 0 saturated carbocycles. The molecule has 0 aliphatic carbocycles. The minimum Gasteiger partial charge on any atom is -0.381 e. The Morgan fingerprint density at radius 1 is 1.69 bits per heavy atom. The molecule has 0 aromatic heterocycles. The van der Waals surface area contributed by atoms with Gasteiger partial charge in [-0.3, -0.25) is 0 Å². The third-order valence-electron chi connectivity index (χ3n) is 1.48. The minimum absolute atomic E-state index is 0.0923. The van der Waals surface area contributed by atoms with Crippen molar-refractivity contribution in [3.8, 4) is 0 Å². The number of allylic oxidation sites excluding steroid dienone is 2. The topological polar surface area (TPSA) is 21.6 Å². The lowest BCUT2D eigenvalue weighted by atomic mass is 10.3. The van der Waals surface area contributed by atoms with E-state index in [1.54, 1.807) is 13.2 Å². The van der Waals surface area contributed by atoms with E-state index >= 15 is 0 Å². The van der Waals surface area contributed by atoms with Gasteiger partial charge in [-0.1, -0.05) is 24.3 Å². The second-order valence-electron chi connectivity index (χ2n) is 2.73. The summed E-state index contributed by atoms with van der Waals surface area (Å²) in [6, 6.07) is 0. The largest absolute Gasteiger partial charge is 0.381 e. The molecule has 74 valence electrons. The Balaban J connectivity index is 4.08. The number of nitrogens with zero attached hydrogens (tertiary/aromatic N) is 1. The lowest BCUT2D eigenvalue weighted by Crippen LogP contribution is -2.08. The zero-order valence-electron chi connectivity index (χ0n) is 8.38. The van der Waals surface area contributed by atoms with Gasteiger partial charge in [0.15, 0.2) is 0 Å². The summed E-state index contributed by atoms with van der Waals surface area (Å²) >= 11 is 5.86. The summed E-state index contributed by atoms with van der Waals surface area (Å²) in [5, 5.41) is 0.525. The molecule has 13 heavy (non-hydrogen) atoms. The molecule has 3 heteroatoms. The molecule has 0 aliphatic heterocycles. The first-order valence-electron chi connectivity index (χ1n) is 4.17. The van der Waals surface area contributed by atoms with Gasteiger partial charge in [-0.2, -0.15) is 0 Å². The van der Waals surface area contributed by atoms with Crippen LogP contribution in [0.1, 0.15) is 20.3 Å². The van der Waals surface area contributed by atoms with Gasteiger partial charge in [-0.25, -0.2) is 4.99 Å². The lowest BCUT2D eigenvalue weighted by Gasteiger charge is -2.06. The van der Waals surface area contributed by atoms with E-state index in [0.717, 1.165) is 0 Å². The fourth-order valence-corrected chi connectivity index (χ4v) is 1.08. The number of rotatable bonds is 5. The molecule has 0 saturated heterocycles. The molecule has 0 aliphatic rings. The molecule has 0 radical (unpaired) electrons. The van der Waals surface area contributed by atoms with Gasteiger partial charge in [0.1, 0.15) is 5.17 Å². The van der Waals surface area contributed by atoms with Gasteiger partial charge in [0.2, 0.25) is 0 Å². The van der Waals surface area contributed by atoms with Crippen LogP contribution in [0.15, 0.2) is 29.4 Å². The number of hydrogen-bond donors (Lipinski definition) is 0. The fourth-order valence-electron chi connectivity index (χ4n) is 0.752. The maximum Gasteiger partial charge on any atom is 0.109 e. The SMILES string of the molecule is C=C(/C=C\C)N=C(Cl)CC(C)OC. The third-order valence-corrected chi connectivity index (χ3v) is 1.72. The minimum atomic E-state index is 0.0923. The summed E-state index contributed by atoms with van der Waals surface area (Å²) < 4.78 is 5.05. The molecular weight excluding hydrogens is 186 g/mol. The van der Waals surface area contributed by atoms with Crippen LogP contribution in [0.4, 0.5) is 0 Å². The Bertz CT molecular complexity index is 221. The van der Waals surface area contributed by atoms with E-state index in [0.29, 0.717) is 17.3 Å². The average Bonchev–Trinajstić information content (AvgIpc) is 2.04. The first kappa shape index (κ1) is 12.4. The highest BCUT2D eigenvalue weighted by Crippen LogP contribution is 2.05. The van der Waals surface area contributed by atoms with E-state index in [2.05, 4.69) is 11.6 Å². The van der Waals surface area contributed by atoms with Crippen LogP contribution in [0.2, 0.25) is 0 Å². The molecular formula is C10H16ClNO. The summed E-state index contributed by atoms with van der Waals surface area (Å²) in [6.07, 6.45) is 4.39. The number of halogens is 1. The molecule has 0 aromatic carbocycles. The van der Waals surface area contributed by atoms with E-state index in [4.69, 9.17) is 16.3 Å². The van der Waals surface area contributed by atoms with Gasteiger partial charge in [0.25, 0.3) is 0 Å². The zero-order valence-corrected chi connectivity index (χ0v) is 9.14. The van der Waals surface area contributed by atoms with E-state index in [9.17, 15) is 0 Å². The van der Waals surface area contributed by atoms with Crippen molar-refractivity contribution in [1.82, 2.24) is 0 Å². The molecule has 0 heterocycles. The van der Waals surface area contributed by atoms with Gasteiger partial charge in [-0.15, -0.1) is 0 Å². The number of hydrogen-bond acceptors (Lipinski definition) is 2. The number of aliphatic imine (C=N–C) groups is 1. The van der Waals surface area contributed by atoms with Gasteiger partial charge < -0.3 is 4.74 Å². The molecule has 1 atom stereocenters. The quantitative estimate of drug-likeness (QED) is 0.495. The van der Waals surface area contributed by atoms with E-state index in [1.165, 1.54) is 0 Å². The Labute approximate surface area is 85.0 Å². The molecule has 0 fully saturated rings. The van der Waals surface area contributed by atoms with Crippen LogP contribution >= 0.6 is 11.6 Å². The fraction of sp³-hybridized carbons (Fsp3) is 0.500. The van der Waals surface area contributed by atoms with Crippen LogP contribution in [-0.2, 0) is 4.74 Å². The van der Waals surface area contributed by atoms with Crippen LogP contribution in [0.5, 0.6) is 0 Å². The van der Waals surface area contributed by atoms with Crippen molar-refractivity contribution in [3.05, 3.63) is 24.4 Å². The van der Waals surface area contributed by atoms with Gasteiger partial charge >= 0.3 is 0 Å². The second-order valence-corrected chi connectivity index (χ2v) is 3.17. The highest BCUT2D eigenvalue weighted by molar-refractivity contribution is 6.65. The first-order valence-corrected chi connectivity index (χ1v) is 4.55. The molecule has 2 nitrogen and oxygen atoms in total. The van der Waals surface area contributed by atoms with Crippen molar-refractivity contribution in [2.75, 3.05) is 7.11 Å². The summed E-state index contributed by atoms with van der Waals surface area (Å²) in [6.45, 7) is 7.57. The molecule has 0 N–H and O–H groups in total. The molecule has 1 unspecified atom stereocenters. The Morgan fingerprint density at radius 3 is 2.77 bits per heavy atom. The van der Waals surface area contributed by atoms with Crippen molar-refractivity contribution in [3.63, 3.8) is 0 Å². The van der Waals surface area contributed by atoms with E-state index in [-0.39, 0.29) is 6.10 Å². The highest BCUT2D eigenvalue weighted by Gasteiger charge is 2.02. The number of ether oxygens (including phenoxy) is 1. The van der Waals surface area contributed by atoms with Gasteiger partial charge in [0.05, 0.1) is 11.8 Å². The molecule has 0 rings (SSSR count). The summed E-state index contributed by atoms with van der Waals surface area (Å²) in [7, 11) is 1.65. The molecule has 0 amide bonds.